The molecule has 0 saturated carbocycles. The van der Waals surface area contributed by atoms with Crippen LogP contribution in [0.1, 0.15) is 26.0 Å². The Morgan fingerprint density at radius 2 is 1.75 bits per heavy atom. The van der Waals surface area contributed by atoms with Crippen molar-refractivity contribution >= 4 is 28.2 Å². The Morgan fingerprint density at radius 3 is 2.46 bits per heavy atom. The van der Waals surface area contributed by atoms with E-state index in [1.807, 2.05) is 61.5 Å². The zero-order chi connectivity index (χ0) is 17.1. The Kier molecular flexibility index (Phi) is 4.61. The van der Waals surface area contributed by atoms with E-state index in [0.717, 1.165) is 28.0 Å². The van der Waals surface area contributed by atoms with Gasteiger partial charge in [0.1, 0.15) is 0 Å². The quantitative estimate of drug-likeness (QED) is 0.658. The maximum absolute atomic E-state index is 13.0. The van der Waals surface area contributed by atoms with Crippen molar-refractivity contribution in [1.29, 1.82) is 0 Å². The molecule has 3 aromatic rings. The highest BCUT2D eigenvalue weighted by Gasteiger charge is 2.21. The molecule has 0 radical (unpaired) electrons. The number of carbonyl (C=O) groups excluding carboxylic acids is 1. The van der Waals surface area contributed by atoms with E-state index in [0.29, 0.717) is 12.3 Å². The van der Waals surface area contributed by atoms with E-state index < -0.39 is 0 Å². The maximum Gasteiger partial charge on any atom is 0.231 e. The molecular formula is C21H22N2O. The Morgan fingerprint density at radius 1 is 1.00 bits per heavy atom. The fourth-order valence-corrected chi connectivity index (χ4v) is 2.84. The summed E-state index contributed by atoms with van der Waals surface area (Å²) in [5.41, 5.74) is 3.52. The lowest BCUT2D eigenvalue weighted by atomic mass is 10.1. The Hall–Kier alpha value is -2.68. The third-order valence-corrected chi connectivity index (χ3v) is 3.93. The largest absolute Gasteiger partial charge is 0.279 e. The lowest BCUT2D eigenvalue weighted by molar-refractivity contribution is -0.118. The highest BCUT2D eigenvalue weighted by Crippen LogP contribution is 2.32. The summed E-state index contributed by atoms with van der Waals surface area (Å²) in [6.45, 7) is 6.10. The maximum atomic E-state index is 13.0. The van der Waals surface area contributed by atoms with E-state index in [1.165, 1.54) is 0 Å². The summed E-state index contributed by atoms with van der Waals surface area (Å²) in [5.74, 6) is 0.389. The van der Waals surface area contributed by atoms with Gasteiger partial charge in [-0.25, -0.2) is 0 Å². The monoisotopic (exact) mass is 318 g/mol. The minimum Gasteiger partial charge on any atom is -0.279 e. The van der Waals surface area contributed by atoms with Gasteiger partial charge in [-0.1, -0.05) is 50.2 Å². The second-order valence-corrected chi connectivity index (χ2v) is 6.46. The lowest BCUT2D eigenvalue weighted by Gasteiger charge is -2.25. The van der Waals surface area contributed by atoms with E-state index in [-0.39, 0.29) is 5.91 Å². The number of rotatable bonds is 4. The highest BCUT2D eigenvalue weighted by molar-refractivity contribution is 6.07. The molecule has 0 aliphatic heterocycles. The molecule has 0 spiro atoms. The number of anilines is 2. The summed E-state index contributed by atoms with van der Waals surface area (Å²) in [6.07, 6.45) is 0.497. The predicted molar refractivity (Wildman–Crippen MR) is 99.5 cm³/mol. The molecule has 24 heavy (non-hydrogen) atoms. The first kappa shape index (κ1) is 16.2. The van der Waals surface area contributed by atoms with Crippen molar-refractivity contribution in [2.45, 2.75) is 27.2 Å². The summed E-state index contributed by atoms with van der Waals surface area (Å²) in [6, 6.07) is 19.8. The van der Waals surface area contributed by atoms with Crippen LogP contribution in [0.2, 0.25) is 0 Å². The van der Waals surface area contributed by atoms with Crippen LogP contribution in [0.5, 0.6) is 0 Å². The van der Waals surface area contributed by atoms with Crippen molar-refractivity contribution in [1.82, 2.24) is 4.98 Å². The van der Waals surface area contributed by atoms with Crippen LogP contribution in [0.3, 0.4) is 0 Å². The summed E-state index contributed by atoms with van der Waals surface area (Å²) in [5, 5.41) is 1.04. The molecule has 122 valence electrons. The van der Waals surface area contributed by atoms with Crippen LogP contribution in [-0.4, -0.2) is 10.9 Å². The van der Waals surface area contributed by atoms with Gasteiger partial charge in [0.15, 0.2) is 0 Å². The molecule has 0 atom stereocenters. The van der Waals surface area contributed by atoms with Crippen molar-refractivity contribution in [2.24, 2.45) is 5.92 Å². The van der Waals surface area contributed by atoms with E-state index in [4.69, 9.17) is 0 Å². The molecule has 0 fully saturated rings. The number of carbonyl (C=O) groups is 1. The van der Waals surface area contributed by atoms with E-state index in [1.54, 1.807) is 4.90 Å². The number of aryl methyl sites for hydroxylation is 1. The molecule has 3 heteroatoms. The van der Waals surface area contributed by atoms with Gasteiger partial charge in [0.2, 0.25) is 5.91 Å². The number of hydrogen-bond donors (Lipinski definition) is 0. The van der Waals surface area contributed by atoms with Crippen molar-refractivity contribution in [3.8, 4) is 0 Å². The molecule has 0 aliphatic carbocycles. The van der Waals surface area contributed by atoms with Crippen LogP contribution in [0.4, 0.5) is 11.4 Å². The van der Waals surface area contributed by atoms with Gasteiger partial charge in [-0.3, -0.25) is 14.7 Å². The normalized spacial score (nSPS) is 11.0. The lowest BCUT2D eigenvalue weighted by Crippen LogP contribution is -2.27. The summed E-state index contributed by atoms with van der Waals surface area (Å²) < 4.78 is 0. The zero-order valence-electron chi connectivity index (χ0n) is 14.4. The number of fused-ring (bicyclic) bond motifs is 1. The summed E-state index contributed by atoms with van der Waals surface area (Å²) in [4.78, 5) is 19.5. The van der Waals surface area contributed by atoms with Crippen LogP contribution in [0.25, 0.3) is 10.9 Å². The number of hydrogen-bond acceptors (Lipinski definition) is 2. The Balaban J connectivity index is 2.19. The molecule has 3 nitrogen and oxygen atoms in total. The molecule has 3 rings (SSSR count). The van der Waals surface area contributed by atoms with Gasteiger partial charge in [0.05, 0.1) is 11.2 Å². The molecule has 0 unspecified atom stereocenters. The zero-order valence-corrected chi connectivity index (χ0v) is 14.4. The fourth-order valence-electron chi connectivity index (χ4n) is 2.84. The smallest absolute Gasteiger partial charge is 0.231 e. The average molecular weight is 318 g/mol. The van der Waals surface area contributed by atoms with Crippen molar-refractivity contribution < 1.29 is 4.79 Å². The SMILES string of the molecule is Cc1ccc2cccc(N(C(=O)CC(C)C)c3ccccc3)c2n1. The van der Waals surface area contributed by atoms with Gasteiger partial charge in [-0.05, 0) is 37.1 Å². The molecular weight excluding hydrogens is 296 g/mol. The molecule has 1 aromatic heterocycles. The third kappa shape index (κ3) is 3.30. The van der Waals surface area contributed by atoms with Gasteiger partial charge in [0, 0.05) is 23.2 Å². The van der Waals surface area contributed by atoms with Gasteiger partial charge in [-0.2, -0.15) is 0 Å². The van der Waals surface area contributed by atoms with Gasteiger partial charge < -0.3 is 0 Å². The molecule has 0 saturated heterocycles. The number of benzene rings is 2. The topological polar surface area (TPSA) is 33.2 Å². The molecule has 0 N–H and O–H groups in total. The first-order valence-corrected chi connectivity index (χ1v) is 8.30. The minimum atomic E-state index is 0.0898. The molecule has 1 heterocycles. The number of nitrogens with zero attached hydrogens (tertiary/aromatic N) is 2. The number of para-hydroxylation sites is 2. The van der Waals surface area contributed by atoms with Crippen molar-refractivity contribution in [3.63, 3.8) is 0 Å². The molecule has 0 bridgehead atoms. The number of amides is 1. The van der Waals surface area contributed by atoms with Gasteiger partial charge in [-0.15, -0.1) is 0 Å². The summed E-state index contributed by atoms with van der Waals surface area (Å²) >= 11 is 0. The van der Waals surface area contributed by atoms with Crippen LogP contribution < -0.4 is 4.90 Å². The third-order valence-electron chi connectivity index (χ3n) is 3.93. The second kappa shape index (κ2) is 6.83. The minimum absolute atomic E-state index is 0.0898. The highest BCUT2D eigenvalue weighted by atomic mass is 16.2. The average Bonchev–Trinajstić information content (AvgIpc) is 2.56. The molecule has 1 amide bonds. The van der Waals surface area contributed by atoms with Gasteiger partial charge >= 0.3 is 0 Å². The van der Waals surface area contributed by atoms with E-state index in [9.17, 15) is 4.79 Å². The second-order valence-electron chi connectivity index (χ2n) is 6.46. The van der Waals surface area contributed by atoms with Crippen molar-refractivity contribution in [2.75, 3.05) is 4.90 Å². The standard InChI is InChI=1S/C21H22N2O/c1-15(2)14-20(24)23(18-9-5-4-6-10-18)19-11-7-8-17-13-12-16(3)22-21(17)19/h4-13,15H,14H2,1-3H3. The van der Waals surface area contributed by atoms with E-state index >= 15 is 0 Å². The summed E-state index contributed by atoms with van der Waals surface area (Å²) in [7, 11) is 0. The van der Waals surface area contributed by atoms with Gasteiger partial charge in [0.25, 0.3) is 0 Å². The molecule has 2 aromatic carbocycles. The molecule has 0 aliphatic rings. The predicted octanol–water partition coefficient (Wildman–Crippen LogP) is 5.25. The van der Waals surface area contributed by atoms with E-state index in [2.05, 4.69) is 24.9 Å². The number of pyridine rings is 1. The number of aromatic nitrogens is 1. The fraction of sp³-hybridized carbons (Fsp3) is 0.238. The Labute approximate surface area is 143 Å². The first-order chi connectivity index (χ1) is 11.6. The van der Waals surface area contributed by atoms with Crippen LogP contribution in [0, 0.1) is 12.8 Å². The van der Waals surface area contributed by atoms with Crippen LogP contribution >= 0.6 is 0 Å². The van der Waals surface area contributed by atoms with Crippen molar-refractivity contribution in [3.05, 3.63) is 66.4 Å². The Bertz CT molecular complexity index is 856. The first-order valence-electron chi connectivity index (χ1n) is 8.30. The van der Waals surface area contributed by atoms with Crippen LogP contribution in [0.15, 0.2) is 60.7 Å². The van der Waals surface area contributed by atoms with Crippen LogP contribution in [-0.2, 0) is 4.79 Å².